The number of benzene rings is 1. The minimum Gasteiger partial charge on any atom is -0.450 e. The smallest absolute Gasteiger partial charge is 0.355 e. The fourth-order valence-electron chi connectivity index (χ4n) is 2.04. The maximum atomic E-state index is 12.2. The molecule has 0 bridgehead atoms. The quantitative estimate of drug-likeness (QED) is 0.661. The molecule has 1 aromatic carbocycles. The Bertz CT molecular complexity index is 620. The van der Waals surface area contributed by atoms with E-state index in [4.69, 9.17) is 4.74 Å². The average molecular weight is 302 g/mol. The highest BCUT2D eigenvalue weighted by Gasteiger charge is 2.24. The number of hydrazone groups is 1. The SMILES string of the molecule is CCc1ccc(C(=O)[C@H](C)OC(=O)C2=NNC(=O)CC2)cc1. The number of hydrogen-bond acceptors (Lipinski definition) is 5. The number of nitrogens with zero attached hydrogens (tertiary/aromatic N) is 1. The third kappa shape index (κ3) is 3.78. The molecule has 0 aliphatic carbocycles. The summed E-state index contributed by atoms with van der Waals surface area (Å²) in [5, 5.41) is 3.65. The van der Waals surface area contributed by atoms with Crippen LogP contribution in [0.4, 0.5) is 0 Å². The lowest BCUT2D eigenvalue weighted by molar-refractivity contribution is -0.138. The second-order valence-electron chi connectivity index (χ2n) is 5.06. The van der Waals surface area contributed by atoms with Crippen LogP contribution in [0.25, 0.3) is 0 Å². The number of nitrogens with one attached hydrogen (secondary N) is 1. The number of ketones is 1. The average Bonchev–Trinajstić information content (AvgIpc) is 2.54. The Hall–Kier alpha value is -2.50. The number of hydrogen-bond donors (Lipinski definition) is 1. The summed E-state index contributed by atoms with van der Waals surface area (Å²) in [6.07, 6.45) is 0.399. The normalized spacial score (nSPS) is 15.5. The van der Waals surface area contributed by atoms with E-state index in [1.54, 1.807) is 12.1 Å². The number of Topliss-reactive ketones (excluding diaryl/α,β-unsaturated/α-hetero) is 1. The Morgan fingerprint density at radius 1 is 1.27 bits per heavy atom. The summed E-state index contributed by atoms with van der Waals surface area (Å²) >= 11 is 0. The third-order valence-corrected chi connectivity index (χ3v) is 3.44. The predicted octanol–water partition coefficient (Wildman–Crippen LogP) is 1.63. The second kappa shape index (κ2) is 6.98. The number of rotatable bonds is 5. The van der Waals surface area contributed by atoms with E-state index in [2.05, 4.69) is 10.5 Å². The van der Waals surface area contributed by atoms with E-state index in [0.29, 0.717) is 5.56 Å². The van der Waals surface area contributed by atoms with Crippen LogP contribution < -0.4 is 5.43 Å². The zero-order valence-electron chi connectivity index (χ0n) is 12.6. The van der Waals surface area contributed by atoms with Gasteiger partial charge >= 0.3 is 5.97 Å². The van der Waals surface area contributed by atoms with Gasteiger partial charge in [0.2, 0.25) is 11.7 Å². The minimum absolute atomic E-state index is 0.126. The maximum absolute atomic E-state index is 12.2. The van der Waals surface area contributed by atoms with E-state index in [-0.39, 0.29) is 30.2 Å². The van der Waals surface area contributed by atoms with E-state index >= 15 is 0 Å². The van der Waals surface area contributed by atoms with Crippen molar-refractivity contribution in [1.82, 2.24) is 5.43 Å². The molecular formula is C16H18N2O4. The van der Waals surface area contributed by atoms with Crippen LogP contribution in [0, 0.1) is 0 Å². The van der Waals surface area contributed by atoms with Crippen molar-refractivity contribution >= 4 is 23.4 Å². The lowest BCUT2D eigenvalue weighted by Crippen LogP contribution is -2.34. The molecule has 1 N–H and O–H groups in total. The van der Waals surface area contributed by atoms with Gasteiger partial charge in [0.1, 0.15) is 5.71 Å². The second-order valence-corrected chi connectivity index (χ2v) is 5.06. The number of carbonyl (C=O) groups is 3. The highest BCUT2D eigenvalue weighted by Crippen LogP contribution is 2.11. The van der Waals surface area contributed by atoms with Crippen molar-refractivity contribution in [2.24, 2.45) is 5.10 Å². The van der Waals surface area contributed by atoms with Crippen molar-refractivity contribution in [3.8, 4) is 0 Å². The molecule has 1 amide bonds. The summed E-state index contributed by atoms with van der Waals surface area (Å²) < 4.78 is 5.13. The van der Waals surface area contributed by atoms with Gasteiger partial charge in [-0.2, -0.15) is 5.10 Å². The number of amides is 1. The standard InChI is InChI=1S/C16H18N2O4/c1-3-11-4-6-12(7-5-11)15(20)10(2)22-16(21)13-8-9-14(19)18-17-13/h4-7,10H,3,8-9H2,1-2H3,(H,18,19)/t10-/m0/s1. The van der Waals surface area contributed by atoms with Gasteiger partial charge in [-0.1, -0.05) is 31.2 Å². The van der Waals surface area contributed by atoms with Gasteiger partial charge in [0.15, 0.2) is 6.10 Å². The molecule has 0 saturated heterocycles. The zero-order valence-corrected chi connectivity index (χ0v) is 12.6. The number of ether oxygens (including phenoxy) is 1. The highest BCUT2D eigenvalue weighted by molar-refractivity contribution is 6.37. The number of aryl methyl sites for hydroxylation is 1. The van der Waals surface area contributed by atoms with E-state index in [1.165, 1.54) is 6.92 Å². The van der Waals surface area contributed by atoms with Crippen LogP contribution in [-0.2, 0) is 20.7 Å². The Balaban J connectivity index is 1.98. The van der Waals surface area contributed by atoms with Gasteiger partial charge in [-0.15, -0.1) is 0 Å². The molecule has 1 heterocycles. The van der Waals surface area contributed by atoms with Crippen LogP contribution in [0.3, 0.4) is 0 Å². The molecule has 1 atom stereocenters. The third-order valence-electron chi connectivity index (χ3n) is 3.44. The fraction of sp³-hybridized carbons (Fsp3) is 0.375. The Kier molecular flexibility index (Phi) is 5.04. The van der Waals surface area contributed by atoms with Gasteiger partial charge < -0.3 is 4.74 Å². The Labute approximate surface area is 128 Å². The Morgan fingerprint density at radius 3 is 2.50 bits per heavy atom. The monoisotopic (exact) mass is 302 g/mol. The molecule has 22 heavy (non-hydrogen) atoms. The van der Waals surface area contributed by atoms with Crippen LogP contribution in [0.1, 0.15) is 42.6 Å². The Morgan fingerprint density at radius 2 is 1.95 bits per heavy atom. The van der Waals surface area contributed by atoms with Gasteiger partial charge in [-0.25, -0.2) is 10.2 Å². The zero-order chi connectivity index (χ0) is 16.1. The molecule has 0 unspecified atom stereocenters. The molecule has 1 aromatic rings. The maximum Gasteiger partial charge on any atom is 0.355 e. The van der Waals surface area contributed by atoms with E-state index in [9.17, 15) is 14.4 Å². The van der Waals surface area contributed by atoms with Crippen molar-refractivity contribution < 1.29 is 19.1 Å². The lowest BCUT2D eigenvalue weighted by atomic mass is 10.0. The first-order chi connectivity index (χ1) is 10.5. The summed E-state index contributed by atoms with van der Waals surface area (Å²) in [4.78, 5) is 35.1. The summed E-state index contributed by atoms with van der Waals surface area (Å²) in [5.41, 5.74) is 3.98. The molecule has 1 aliphatic rings. The number of esters is 1. The van der Waals surface area contributed by atoms with Gasteiger partial charge in [0, 0.05) is 18.4 Å². The minimum atomic E-state index is -0.902. The van der Waals surface area contributed by atoms with Crippen molar-refractivity contribution in [3.63, 3.8) is 0 Å². The van der Waals surface area contributed by atoms with E-state index < -0.39 is 12.1 Å². The van der Waals surface area contributed by atoms with Crippen molar-refractivity contribution in [1.29, 1.82) is 0 Å². The summed E-state index contributed by atoms with van der Waals surface area (Å²) in [6.45, 7) is 3.56. The molecule has 2 rings (SSSR count). The van der Waals surface area contributed by atoms with Crippen LogP contribution in [0.2, 0.25) is 0 Å². The first kappa shape index (κ1) is 15.9. The molecule has 0 aromatic heterocycles. The first-order valence-corrected chi connectivity index (χ1v) is 7.20. The molecular weight excluding hydrogens is 284 g/mol. The summed E-state index contributed by atoms with van der Waals surface area (Å²) in [7, 11) is 0. The highest BCUT2D eigenvalue weighted by atomic mass is 16.5. The van der Waals surface area contributed by atoms with Crippen LogP contribution in [0.5, 0.6) is 0 Å². The molecule has 1 aliphatic heterocycles. The molecule has 6 nitrogen and oxygen atoms in total. The van der Waals surface area contributed by atoms with Crippen molar-refractivity contribution in [3.05, 3.63) is 35.4 Å². The van der Waals surface area contributed by atoms with Crippen LogP contribution in [0.15, 0.2) is 29.4 Å². The van der Waals surface area contributed by atoms with Gasteiger partial charge in [-0.3, -0.25) is 9.59 Å². The molecule has 0 spiro atoms. The van der Waals surface area contributed by atoms with Crippen molar-refractivity contribution in [2.45, 2.75) is 39.2 Å². The fourth-order valence-corrected chi connectivity index (χ4v) is 2.04. The van der Waals surface area contributed by atoms with Crippen molar-refractivity contribution in [2.75, 3.05) is 0 Å². The summed E-state index contributed by atoms with van der Waals surface area (Å²) in [6, 6.07) is 7.21. The lowest BCUT2D eigenvalue weighted by Gasteiger charge is -2.15. The van der Waals surface area contributed by atoms with Gasteiger partial charge in [0.25, 0.3) is 0 Å². The van der Waals surface area contributed by atoms with Gasteiger partial charge in [0.05, 0.1) is 0 Å². The molecule has 116 valence electrons. The predicted molar refractivity (Wildman–Crippen MR) is 80.5 cm³/mol. The first-order valence-electron chi connectivity index (χ1n) is 7.20. The molecule has 6 heteroatoms. The van der Waals surface area contributed by atoms with E-state index in [1.807, 2.05) is 19.1 Å². The molecule has 0 fully saturated rings. The largest absolute Gasteiger partial charge is 0.450 e. The van der Waals surface area contributed by atoms with E-state index in [0.717, 1.165) is 12.0 Å². The van der Waals surface area contributed by atoms with Crippen LogP contribution in [-0.4, -0.2) is 29.5 Å². The van der Waals surface area contributed by atoms with Gasteiger partial charge in [-0.05, 0) is 18.9 Å². The topological polar surface area (TPSA) is 84.8 Å². The van der Waals surface area contributed by atoms with Crippen LogP contribution >= 0.6 is 0 Å². The summed E-state index contributed by atoms with van der Waals surface area (Å²) in [5.74, 6) is -1.18. The molecule has 0 radical (unpaired) electrons. The number of carbonyl (C=O) groups excluding carboxylic acids is 3. The molecule has 0 saturated carbocycles.